The minimum absolute atomic E-state index is 0.167. The number of hydrogen-bond acceptors (Lipinski definition) is 3. The Bertz CT molecular complexity index is 109. The molecule has 13 heavy (non-hydrogen) atoms. The van der Waals surface area contributed by atoms with Gasteiger partial charge >= 0.3 is 0 Å². The van der Waals surface area contributed by atoms with Crippen LogP contribution in [0, 0.1) is 0 Å². The molecule has 0 bridgehead atoms. The van der Waals surface area contributed by atoms with E-state index in [4.69, 9.17) is 4.74 Å². The second-order valence-electron chi connectivity index (χ2n) is 3.28. The van der Waals surface area contributed by atoms with Crippen molar-refractivity contribution >= 4 is 5.78 Å². The van der Waals surface area contributed by atoms with Gasteiger partial charge in [-0.2, -0.15) is 0 Å². The quantitative estimate of drug-likeness (QED) is 0.668. The standard InChI is InChI=1S/C7H17NO.C3H6O/c1-7(2)9-6-4-5-8-3;1-3(2)4/h7-8H,4-6H2,1-3H3;1-2H3. The molecule has 3 heteroatoms. The summed E-state index contributed by atoms with van der Waals surface area (Å²) in [4.78, 5) is 9.44. The van der Waals surface area contributed by atoms with Crippen molar-refractivity contribution in [3.05, 3.63) is 0 Å². The van der Waals surface area contributed by atoms with Gasteiger partial charge in [-0.1, -0.05) is 0 Å². The van der Waals surface area contributed by atoms with E-state index < -0.39 is 0 Å². The fraction of sp³-hybridized carbons (Fsp3) is 0.900. The van der Waals surface area contributed by atoms with Crippen molar-refractivity contribution in [2.24, 2.45) is 0 Å². The molecule has 0 heterocycles. The van der Waals surface area contributed by atoms with Gasteiger partial charge in [-0.25, -0.2) is 0 Å². The third-order valence-electron chi connectivity index (χ3n) is 1.02. The van der Waals surface area contributed by atoms with Crippen LogP contribution in [-0.2, 0) is 9.53 Å². The topological polar surface area (TPSA) is 38.3 Å². The first kappa shape index (κ1) is 15.1. The molecule has 0 aliphatic heterocycles. The van der Waals surface area contributed by atoms with Gasteiger partial charge in [0.05, 0.1) is 6.10 Å². The molecule has 0 aliphatic carbocycles. The molecular weight excluding hydrogens is 166 g/mol. The number of rotatable bonds is 5. The molecule has 1 N–H and O–H groups in total. The zero-order chi connectivity index (χ0) is 10.7. The zero-order valence-corrected chi connectivity index (χ0v) is 9.52. The number of hydrogen-bond donors (Lipinski definition) is 1. The SMILES string of the molecule is CC(C)=O.CNCCCOC(C)C. The van der Waals surface area contributed by atoms with E-state index in [-0.39, 0.29) is 5.78 Å². The zero-order valence-electron chi connectivity index (χ0n) is 9.52. The first-order valence-electron chi connectivity index (χ1n) is 4.74. The molecule has 0 rings (SSSR count). The van der Waals surface area contributed by atoms with E-state index in [1.807, 2.05) is 7.05 Å². The summed E-state index contributed by atoms with van der Waals surface area (Å²) in [5.41, 5.74) is 0. The predicted octanol–water partition coefficient (Wildman–Crippen LogP) is 1.62. The normalized spacial score (nSPS) is 9.38. The Hall–Kier alpha value is -0.410. The van der Waals surface area contributed by atoms with E-state index >= 15 is 0 Å². The molecule has 0 aromatic carbocycles. The molecule has 3 nitrogen and oxygen atoms in total. The van der Waals surface area contributed by atoms with Crippen molar-refractivity contribution in [2.75, 3.05) is 20.2 Å². The molecule has 0 aliphatic rings. The molecule has 0 saturated heterocycles. The highest BCUT2D eigenvalue weighted by atomic mass is 16.5. The van der Waals surface area contributed by atoms with Gasteiger partial charge in [-0.3, -0.25) is 0 Å². The van der Waals surface area contributed by atoms with E-state index in [0.717, 1.165) is 19.6 Å². The molecule has 0 radical (unpaired) electrons. The van der Waals surface area contributed by atoms with Crippen LogP contribution in [0.4, 0.5) is 0 Å². The summed E-state index contributed by atoms with van der Waals surface area (Å²) >= 11 is 0. The lowest BCUT2D eigenvalue weighted by molar-refractivity contribution is -0.114. The number of carbonyl (C=O) groups excluding carboxylic acids is 1. The maximum absolute atomic E-state index is 9.44. The highest BCUT2D eigenvalue weighted by molar-refractivity contribution is 5.72. The minimum Gasteiger partial charge on any atom is -0.379 e. The number of Topliss-reactive ketones (excluding diaryl/α,β-unsaturated/α-hetero) is 1. The molecule has 80 valence electrons. The Kier molecular flexibility index (Phi) is 13.4. The molecule has 0 amide bonds. The second kappa shape index (κ2) is 11.6. The van der Waals surface area contributed by atoms with Crippen molar-refractivity contribution < 1.29 is 9.53 Å². The van der Waals surface area contributed by atoms with Gasteiger partial charge in [-0.05, 0) is 47.7 Å². The van der Waals surface area contributed by atoms with Gasteiger partial charge in [0.15, 0.2) is 0 Å². The number of carbonyl (C=O) groups is 1. The average Bonchev–Trinajstić information content (AvgIpc) is 1.97. The van der Waals surface area contributed by atoms with Crippen LogP contribution < -0.4 is 5.32 Å². The van der Waals surface area contributed by atoms with Crippen LogP contribution in [-0.4, -0.2) is 32.1 Å². The lowest BCUT2D eigenvalue weighted by Crippen LogP contribution is -2.12. The molecule has 0 saturated carbocycles. The summed E-state index contributed by atoms with van der Waals surface area (Å²) in [5, 5.41) is 3.06. The highest BCUT2D eigenvalue weighted by Crippen LogP contribution is 1.88. The lowest BCUT2D eigenvalue weighted by Gasteiger charge is -2.05. The summed E-state index contributed by atoms with van der Waals surface area (Å²) in [7, 11) is 1.95. The van der Waals surface area contributed by atoms with E-state index in [0.29, 0.717) is 6.10 Å². The predicted molar refractivity (Wildman–Crippen MR) is 56.0 cm³/mol. The van der Waals surface area contributed by atoms with Crippen molar-refractivity contribution in [3.63, 3.8) is 0 Å². The van der Waals surface area contributed by atoms with Crippen LogP contribution in [0.25, 0.3) is 0 Å². The van der Waals surface area contributed by atoms with E-state index in [1.54, 1.807) is 0 Å². The summed E-state index contributed by atoms with van der Waals surface area (Å²) in [6, 6.07) is 0. The first-order valence-corrected chi connectivity index (χ1v) is 4.74. The Morgan fingerprint density at radius 3 is 2.15 bits per heavy atom. The summed E-state index contributed by atoms with van der Waals surface area (Å²) < 4.78 is 5.30. The number of ketones is 1. The molecule has 0 atom stereocenters. The summed E-state index contributed by atoms with van der Waals surface area (Å²) in [5.74, 6) is 0.167. The van der Waals surface area contributed by atoms with Crippen LogP contribution in [0.15, 0.2) is 0 Å². The van der Waals surface area contributed by atoms with Crippen LogP contribution in [0.3, 0.4) is 0 Å². The first-order chi connectivity index (χ1) is 6.00. The Morgan fingerprint density at radius 2 is 1.85 bits per heavy atom. The number of nitrogens with one attached hydrogen (secondary N) is 1. The Labute approximate surface area is 81.9 Å². The Balaban J connectivity index is 0. The third kappa shape index (κ3) is 34.1. The molecule has 0 unspecified atom stereocenters. The number of ether oxygens (including phenoxy) is 1. The van der Waals surface area contributed by atoms with Gasteiger partial charge in [0.1, 0.15) is 5.78 Å². The molecule has 0 spiro atoms. The molecular formula is C10H23NO2. The van der Waals surface area contributed by atoms with Gasteiger partial charge in [0.25, 0.3) is 0 Å². The second-order valence-corrected chi connectivity index (χ2v) is 3.28. The maximum atomic E-state index is 9.44. The largest absolute Gasteiger partial charge is 0.379 e. The van der Waals surface area contributed by atoms with Gasteiger partial charge in [-0.15, -0.1) is 0 Å². The fourth-order valence-corrected chi connectivity index (χ4v) is 0.568. The summed E-state index contributed by atoms with van der Waals surface area (Å²) in [6.45, 7) is 9.09. The smallest absolute Gasteiger partial charge is 0.126 e. The lowest BCUT2D eigenvalue weighted by atomic mass is 10.4. The minimum atomic E-state index is 0.167. The van der Waals surface area contributed by atoms with Gasteiger partial charge in [0, 0.05) is 6.61 Å². The fourth-order valence-electron chi connectivity index (χ4n) is 0.568. The average molecular weight is 189 g/mol. The van der Waals surface area contributed by atoms with Crippen molar-refractivity contribution in [3.8, 4) is 0 Å². The van der Waals surface area contributed by atoms with Crippen molar-refractivity contribution in [1.82, 2.24) is 5.32 Å². The van der Waals surface area contributed by atoms with Gasteiger partial charge < -0.3 is 14.8 Å². The van der Waals surface area contributed by atoms with E-state index in [1.165, 1.54) is 13.8 Å². The van der Waals surface area contributed by atoms with Crippen LogP contribution in [0.2, 0.25) is 0 Å². The molecule has 0 fully saturated rings. The monoisotopic (exact) mass is 189 g/mol. The Morgan fingerprint density at radius 1 is 1.38 bits per heavy atom. The van der Waals surface area contributed by atoms with E-state index in [2.05, 4.69) is 19.2 Å². The van der Waals surface area contributed by atoms with Gasteiger partial charge in [0.2, 0.25) is 0 Å². The van der Waals surface area contributed by atoms with E-state index in [9.17, 15) is 4.79 Å². The summed E-state index contributed by atoms with van der Waals surface area (Å²) in [6.07, 6.45) is 1.48. The maximum Gasteiger partial charge on any atom is 0.126 e. The molecule has 0 aromatic heterocycles. The van der Waals surface area contributed by atoms with Crippen molar-refractivity contribution in [2.45, 2.75) is 40.2 Å². The third-order valence-corrected chi connectivity index (χ3v) is 1.02. The van der Waals surface area contributed by atoms with Crippen LogP contribution >= 0.6 is 0 Å². The molecule has 0 aromatic rings. The highest BCUT2D eigenvalue weighted by Gasteiger charge is 1.90. The van der Waals surface area contributed by atoms with Crippen LogP contribution in [0.1, 0.15) is 34.1 Å². The van der Waals surface area contributed by atoms with Crippen LogP contribution in [0.5, 0.6) is 0 Å². The van der Waals surface area contributed by atoms with Crippen molar-refractivity contribution in [1.29, 1.82) is 0 Å².